The lowest BCUT2D eigenvalue weighted by atomic mass is 10.2. The number of amides is 1. The van der Waals surface area contributed by atoms with Crippen LogP contribution >= 0.6 is 11.3 Å². The molecule has 1 aliphatic rings. The Balaban J connectivity index is 1.40. The second kappa shape index (κ2) is 8.88. The van der Waals surface area contributed by atoms with Crippen LogP contribution in [0.1, 0.15) is 10.5 Å². The first-order valence-corrected chi connectivity index (χ1v) is 11.5. The van der Waals surface area contributed by atoms with E-state index in [2.05, 4.69) is 11.0 Å². The smallest absolute Gasteiger partial charge is 0.272 e. The highest BCUT2D eigenvalue weighted by Crippen LogP contribution is 2.29. The minimum Gasteiger partial charge on any atom is -0.495 e. The van der Waals surface area contributed by atoms with E-state index in [4.69, 9.17) is 9.84 Å². The van der Waals surface area contributed by atoms with Crippen LogP contribution in [0, 0.1) is 0 Å². The molecule has 0 aliphatic carbocycles. The van der Waals surface area contributed by atoms with E-state index in [1.807, 2.05) is 77.0 Å². The molecule has 5 rings (SSSR count). The maximum absolute atomic E-state index is 13.6. The number of benzene rings is 2. The van der Waals surface area contributed by atoms with E-state index in [-0.39, 0.29) is 5.91 Å². The average molecular weight is 445 g/mol. The number of para-hydroxylation sites is 3. The van der Waals surface area contributed by atoms with E-state index >= 15 is 0 Å². The largest absolute Gasteiger partial charge is 0.495 e. The van der Waals surface area contributed by atoms with Gasteiger partial charge in [0.25, 0.3) is 5.91 Å². The molecule has 2 aromatic carbocycles. The van der Waals surface area contributed by atoms with E-state index in [1.54, 1.807) is 23.1 Å². The van der Waals surface area contributed by atoms with E-state index in [1.165, 1.54) is 0 Å². The van der Waals surface area contributed by atoms with Crippen molar-refractivity contribution in [3.63, 3.8) is 0 Å². The molecule has 0 unspecified atom stereocenters. The van der Waals surface area contributed by atoms with Gasteiger partial charge in [-0.1, -0.05) is 36.4 Å². The molecular formula is C25H24N4O2S. The summed E-state index contributed by atoms with van der Waals surface area (Å²) in [6, 6.07) is 23.8. The molecule has 162 valence electrons. The number of thiophene rings is 1. The van der Waals surface area contributed by atoms with Crippen molar-refractivity contribution in [2.45, 2.75) is 0 Å². The molecule has 7 heteroatoms. The second-order valence-corrected chi connectivity index (χ2v) is 8.54. The first-order valence-electron chi connectivity index (χ1n) is 10.6. The molecule has 2 aromatic heterocycles. The molecule has 32 heavy (non-hydrogen) atoms. The first kappa shape index (κ1) is 20.3. The fourth-order valence-electron chi connectivity index (χ4n) is 4.05. The number of ether oxygens (including phenoxy) is 1. The second-order valence-electron chi connectivity index (χ2n) is 7.59. The van der Waals surface area contributed by atoms with Gasteiger partial charge in [0, 0.05) is 26.2 Å². The Morgan fingerprint density at radius 3 is 2.41 bits per heavy atom. The summed E-state index contributed by atoms with van der Waals surface area (Å²) < 4.78 is 7.28. The Labute approximate surface area is 191 Å². The topological polar surface area (TPSA) is 50.6 Å². The quantitative estimate of drug-likeness (QED) is 0.452. The number of carbonyl (C=O) groups excluding carboxylic acids is 1. The SMILES string of the molecule is COc1ccccc1N1CCN(C(=O)c2cc(-c3cccs3)nn2-c2ccccc2)CC1. The van der Waals surface area contributed by atoms with Crippen LogP contribution in [0.25, 0.3) is 16.3 Å². The summed E-state index contributed by atoms with van der Waals surface area (Å²) in [7, 11) is 1.69. The van der Waals surface area contributed by atoms with Crippen LogP contribution in [0.4, 0.5) is 5.69 Å². The normalized spacial score (nSPS) is 13.9. The number of nitrogens with zero attached hydrogens (tertiary/aromatic N) is 4. The third-order valence-corrected chi connectivity index (χ3v) is 6.59. The van der Waals surface area contributed by atoms with Gasteiger partial charge in [0.05, 0.1) is 23.4 Å². The van der Waals surface area contributed by atoms with E-state index in [0.717, 1.165) is 40.8 Å². The van der Waals surface area contributed by atoms with Crippen molar-refractivity contribution in [1.29, 1.82) is 0 Å². The minimum absolute atomic E-state index is 0.00355. The number of carbonyl (C=O) groups is 1. The van der Waals surface area contributed by atoms with Gasteiger partial charge in [-0.05, 0) is 41.8 Å². The maximum Gasteiger partial charge on any atom is 0.272 e. The van der Waals surface area contributed by atoms with Gasteiger partial charge < -0.3 is 14.5 Å². The highest BCUT2D eigenvalue weighted by molar-refractivity contribution is 7.13. The number of hydrogen-bond acceptors (Lipinski definition) is 5. The van der Waals surface area contributed by atoms with Crippen LogP contribution in [-0.2, 0) is 0 Å². The maximum atomic E-state index is 13.6. The lowest BCUT2D eigenvalue weighted by Crippen LogP contribution is -2.49. The standard InChI is InChI=1S/C25H24N4O2S/c1-31-23-11-6-5-10-21(23)27-13-15-28(16-14-27)25(30)22-18-20(24-12-7-17-32-24)26-29(22)19-8-3-2-4-9-19/h2-12,17-18H,13-16H2,1H3. The van der Waals surface area contributed by atoms with Gasteiger partial charge in [-0.3, -0.25) is 4.79 Å². The molecule has 3 heterocycles. The van der Waals surface area contributed by atoms with Crippen LogP contribution < -0.4 is 9.64 Å². The molecule has 4 aromatic rings. The molecule has 0 bridgehead atoms. The lowest BCUT2D eigenvalue weighted by molar-refractivity contribution is 0.0737. The Morgan fingerprint density at radius 1 is 0.938 bits per heavy atom. The predicted molar refractivity (Wildman–Crippen MR) is 128 cm³/mol. The molecule has 1 aliphatic heterocycles. The average Bonchev–Trinajstić information content (AvgIpc) is 3.55. The number of methoxy groups -OCH3 is 1. The molecule has 0 radical (unpaired) electrons. The molecule has 1 saturated heterocycles. The van der Waals surface area contributed by atoms with Gasteiger partial charge in [0.1, 0.15) is 17.1 Å². The summed E-state index contributed by atoms with van der Waals surface area (Å²) >= 11 is 1.62. The number of anilines is 1. The van der Waals surface area contributed by atoms with Gasteiger partial charge in [0.2, 0.25) is 0 Å². The Bertz CT molecular complexity index is 1200. The zero-order valence-electron chi connectivity index (χ0n) is 17.8. The Morgan fingerprint density at radius 2 is 1.69 bits per heavy atom. The van der Waals surface area contributed by atoms with Gasteiger partial charge in [0.15, 0.2) is 0 Å². The number of hydrogen-bond donors (Lipinski definition) is 0. The van der Waals surface area contributed by atoms with Gasteiger partial charge >= 0.3 is 0 Å². The van der Waals surface area contributed by atoms with Crippen LogP contribution in [0.5, 0.6) is 5.75 Å². The van der Waals surface area contributed by atoms with Crippen molar-refractivity contribution < 1.29 is 9.53 Å². The molecule has 6 nitrogen and oxygen atoms in total. The molecule has 0 atom stereocenters. The Hall–Kier alpha value is -3.58. The van der Waals surface area contributed by atoms with Gasteiger partial charge in [-0.25, -0.2) is 4.68 Å². The van der Waals surface area contributed by atoms with Crippen molar-refractivity contribution in [2.75, 3.05) is 38.2 Å². The lowest BCUT2D eigenvalue weighted by Gasteiger charge is -2.36. The van der Waals surface area contributed by atoms with Crippen molar-refractivity contribution in [2.24, 2.45) is 0 Å². The summed E-state index contributed by atoms with van der Waals surface area (Å²) in [4.78, 5) is 18.8. The summed E-state index contributed by atoms with van der Waals surface area (Å²) in [5, 5.41) is 6.80. The summed E-state index contributed by atoms with van der Waals surface area (Å²) in [5.41, 5.74) is 3.35. The molecular weight excluding hydrogens is 420 g/mol. The molecule has 1 amide bonds. The summed E-state index contributed by atoms with van der Waals surface area (Å²) in [6.07, 6.45) is 0. The monoisotopic (exact) mass is 444 g/mol. The van der Waals surface area contributed by atoms with Crippen molar-refractivity contribution in [3.8, 4) is 22.0 Å². The first-order chi connectivity index (χ1) is 15.7. The highest BCUT2D eigenvalue weighted by Gasteiger charge is 2.27. The predicted octanol–water partition coefficient (Wildman–Crippen LogP) is 4.57. The minimum atomic E-state index is 0.00355. The molecule has 0 saturated carbocycles. The van der Waals surface area contributed by atoms with Crippen molar-refractivity contribution in [1.82, 2.24) is 14.7 Å². The highest BCUT2D eigenvalue weighted by atomic mass is 32.1. The number of piperazine rings is 1. The summed E-state index contributed by atoms with van der Waals surface area (Å²) in [6.45, 7) is 2.79. The Kier molecular flexibility index (Phi) is 5.64. The zero-order chi connectivity index (χ0) is 21.9. The van der Waals surface area contributed by atoms with Crippen LogP contribution in [-0.4, -0.2) is 53.9 Å². The van der Waals surface area contributed by atoms with E-state index < -0.39 is 0 Å². The number of rotatable bonds is 5. The van der Waals surface area contributed by atoms with Gasteiger partial charge in [-0.2, -0.15) is 5.10 Å². The summed E-state index contributed by atoms with van der Waals surface area (Å²) in [5.74, 6) is 0.860. The van der Waals surface area contributed by atoms with Crippen LogP contribution in [0.2, 0.25) is 0 Å². The van der Waals surface area contributed by atoms with Crippen molar-refractivity contribution >= 4 is 22.9 Å². The third-order valence-electron chi connectivity index (χ3n) is 5.70. The molecule has 0 spiro atoms. The number of aromatic nitrogens is 2. The zero-order valence-corrected chi connectivity index (χ0v) is 18.7. The molecule has 1 fully saturated rings. The van der Waals surface area contributed by atoms with E-state index in [0.29, 0.717) is 18.8 Å². The van der Waals surface area contributed by atoms with Crippen LogP contribution in [0.3, 0.4) is 0 Å². The fraction of sp³-hybridized carbons (Fsp3) is 0.200. The third kappa shape index (κ3) is 3.87. The van der Waals surface area contributed by atoms with Crippen LogP contribution in [0.15, 0.2) is 78.2 Å². The van der Waals surface area contributed by atoms with Gasteiger partial charge in [-0.15, -0.1) is 11.3 Å². The molecule has 0 N–H and O–H groups in total. The van der Waals surface area contributed by atoms with E-state index in [9.17, 15) is 4.79 Å². The fourth-order valence-corrected chi connectivity index (χ4v) is 4.73. The van der Waals surface area contributed by atoms with Crippen molar-refractivity contribution in [3.05, 3.63) is 83.9 Å².